The van der Waals surface area contributed by atoms with Crippen molar-refractivity contribution in [2.75, 3.05) is 32.0 Å². The second-order valence-corrected chi connectivity index (χ2v) is 6.81. The van der Waals surface area contributed by atoms with Gasteiger partial charge in [0.05, 0.1) is 17.2 Å². The van der Waals surface area contributed by atoms with E-state index in [4.69, 9.17) is 10.5 Å². The van der Waals surface area contributed by atoms with E-state index in [9.17, 15) is 12.8 Å². The molecular weight excluding hydrogens is 283 g/mol. The van der Waals surface area contributed by atoms with Crippen molar-refractivity contribution in [2.45, 2.75) is 18.2 Å². The summed E-state index contributed by atoms with van der Waals surface area (Å²) < 4.78 is 45.1. The number of halogens is 1. The van der Waals surface area contributed by atoms with Gasteiger partial charge in [0.15, 0.2) is 0 Å². The number of anilines is 1. The normalized spacial score (nSPS) is 19.6. The zero-order valence-corrected chi connectivity index (χ0v) is 12.2. The van der Waals surface area contributed by atoms with Crippen LogP contribution in [0.25, 0.3) is 0 Å². The average Bonchev–Trinajstić information content (AvgIpc) is 2.91. The average molecular weight is 302 g/mol. The molecule has 0 aromatic heterocycles. The zero-order valence-electron chi connectivity index (χ0n) is 11.4. The molecule has 0 bridgehead atoms. The molecule has 1 heterocycles. The van der Waals surface area contributed by atoms with Gasteiger partial charge in [-0.2, -0.15) is 4.31 Å². The minimum atomic E-state index is -3.70. The molecule has 2 rings (SSSR count). The molecule has 0 amide bonds. The molecule has 2 N–H and O–H groups in total. The summed E-state index contributed by atoms with van der Waals surface area (Å²) in [5.41, 5.74) is 5.31. The number of hydrogen-bond acceptors (Lipinski definition) is 4. The van der Waals surface area contributed by atoms with Gasteiger partial charge in [0.25, 0.3) is 0 Å². The van der Waals surface area contributed by atoms with Gasteiger partial charge in [0.1, 0.15) is 5.82 Å². The number of ether oxygens (including phenoxy) is 1. The number of rotatable bonds is 5. The van der Waals surface area contributed by atoms with Crippen LogP contribution < -0.4 is 5.73 Å². The molecule has 20 heavy (non-hydrogen) atoms. The van der Waals surface area contributed by atoms with Gasteiger partial charge in [-0.05, 0) is 30.5 Å². The van der Waals surface area contributed by atoms with Crippen LogP contribution in [-0.2, 0) is 14.8 Å². The fraction of sp³-hybridized carbons (Fsp3) is 0.538. The van der Waals surface area contributed by atoms with E-state index in [0.29, 0.717) is 26.3 Å². The number of nitrogen functional groups attached to an aromatic ring is 1. The Labute approximate surface area is 118 Å². The Kier molecular flexibility index (Phi) is 4.62. The van der Waals surface area contributed by atoms with E-state index in [-0.39, 0.29) is 16.5 Å². The van der Waals surface area contributed by atoms with E-state index in [0.717, 1.165) is 12.5 Å². The van der Waals surface area contributed by atoms with Crippen molar-refractivity contribution in [1.82, 2.24) is 4.31 Å². The van der Waals surface area contributed by atoms with Gasteiger partial charge in [-0.3, -0.25) is 0 Å². The molecule has 7 heteroatoms. The summed E-state index contributed by atoms with van der Waals surface area (Å²) in [7, 11) is -3.70. The van der Waals surface area contributed by atoms with E-state index in [2.05, 4.69) is 0 Å². The summed E-state index contributed by atoms with van der Waals surface area (Å²) in [6.45, 7) is 3.73. The molecule has 1 unspecified atom stereocenters. The van der Waals surface area contributed by atoms with Gasteiger partial charge in [-0.1, -0.05) is 6.92 Å². The minimum absolute atomic E-state index is 0.0591. The van der Waals surface area contributed by atoms with Crippen LogP contribution >= 0.6 is 0 Å². The van der Waals surface area contributed by atoms with Gasteiger partial charge < -0.3 is 10.5 Å². The van der Waals surface area contributed by atoms with Crippen molar-refractivity contribution in [3.63, 3.8) is 0 Å². The molecule has 1 aliphatic heterocycles. The maximum Gasteiger partial charge on any atom is 0.243 e. The lowest BCUT2D eigenvalue weighted by molar-refractivity contribution is 0.181. The van der Waals surface area contributed by atoms with Gasteiger partial charge in [0.2, 0.25) is 10.0 Å². The van der Waals surface area contributed by atoms with Crippen molar-refractivity contribution in [3.8, 4) is 0 Å². The van der Waals surface area contributed by atoms with Gasteiger partial charge in [-0.15, -0.1) is 0 Å². The van der Waals surface area contributed by atoms with Crippen LogP contribution in [-0.4, -0.2) is 39.0 Å². The second-order valence-electron chi connectivity index (χ2n) is 4.87. The van der Waals surface area contributed by atoms with E-state index in [1.54, 1.807) is 6.92 Å². The van der Waals surface area contributed by atoms with Gasteiger partial charge in [0, 0.05) is 19.7 Å². The molecule has 5 nitrogen and oxygen atoms in total. The van der Waals surface area contributed by atoms with Crippen molar-refractivity contribution < 1.29 is 17.5 Å². The fourth-order valence-corrected chi connectivity index (χ4v) is 3.77. The largest absolute Gasteiger partial charge is 0.396 e. The first-order valence-corrected chi connectivity index (χ1v) is 8.02. The summed E-state index contributed by atoms with van der Waals surface area (Å²) in [4.78, 5) is -0.0648. The Morgan fingerprint density at radius 3 is 2.80 bits per heavy atom. The van der Waals surface area contributed by atoms with Crippen LogP contribution in [0.2, 0.25) is 0 Å². The van der Waals surface area contributed by atoms with E-state index in [1.807, 2.05) is 0 Å². The highest BCUT2D eigenvalue weighted by molar-refractivity contribution is 7.89. The number of benzene rings is 1. The topological polar surface area (TPSA) is 72.6 Å². The number of hydrogen-bond donors (Lipinski definition) is 1. The van der Waals surface area contributed by atoms with Crippen molar-refractivity contribution in [1.29, 1.82) is 0 Å². The summed E-state index contributed by atoms with van der Waals surface area (Å²) in [5, 5.41) is 0. The monoisotopic (exact) mass is 302 g/mol. The highest BCUT2D eigenvalue weighted by atomic mass is 32.2. The maximum atomic E-state index is 13.5. The first kappa shape index (κ1) is 15.2. The lowest BCUT2D eigenvalue weighted by Crippen LogP contribution is -2.35. The Balaban J connectivity index is 2.23. The zero-order chi connectivity index (χ0) is 14.8. The predicted octanol–water partition coefficient (Wildman–Crippen LogP) is 1.45. The molecule has 0 saturated carbocycles. The van der Waals surface area contributed by atoms with Gasteiger partial charge in [-0.25, -0.2) is 12.8 Å². The quantitative estimate of drug-likeness (QED) is 0.836. The van der Waals surface area contributed by atoms with Crippen molar-refractivity contribution in [2.24, 2.45) is 5.92 Å². The van der Waals surface area contributed by atoms with Crippen LogP contribution in [0.5, 0.6) is 0 Å². The number of sulfonamides is 1. The highest BCUT2D eigenvalue weighted by Crippen LogP contribution is 2.22. The van der Waals surface area contributed by atoms with Crippen LogP contribution in [0.1, 0.15) is 13.3 Å². The molecule has 0 spiro atoms. The Hall–Kier alpha value is -1.18. The van der Waals surface area contributed by atoms with E-state index >= 15 is 0 Å². The molecule has 0 aliphatic carbocycles. The minimum Gasteiger partial charge on any atom is -0.396 e. The predicted molar refractivity (Wildman–Crippen MR) is 74.2 cm³/mol. The maximum absolute atomic E-state index is 13.5. The van der Waals surface area contributed by atoms with Gasteiger partial charge >= 0.3 is 0 Å². The third kappa shape index (κ3) is 3.11. The Morgan fingerprint density at radius 1 is 1.50 bits per heavy atom. The first-order valence-electron chi connectivity index (χ1n) is 6.58. The number of nitrogens with two attached hydrogens (primary N) is 1. The lowest BCUT2D eigenvalue weighted by atomic mass is 10.1. The van der Waals surface area contributed by atoms with Crippen LogP contribution in [0.3, 0.4) is 0 Å². The Morgan fingerprint density at radius 2 is 2.25 bits per heavy atom. The summed E-state index contributed by atoms with van der Waals surface area (Å²) in [6.07, 6.45) is 0.849. The number of nitrogens with zero attached hydrogens (tertiary/aromatic N) is 1. The SMILES string of the molecule is CCN(CC1CCOC1)S(=O)(=O)c1ccc(N)c(F)c1. The van der Waals surface area contributed by atoms with Crippen molar-refractivity contribution in [3.05, 3.63) is 24.0 Å². The molecule has 0 radical (unpaired) electrons. The third-order valence-electron chi connectivity index (χ3n) is 3.45. The van der Waals surface area contributed by atoms with Crippen LogP contribution in [0, 0.1) is 11.7 Å². The first-order chi connectivity index (χ1) is 9.45. The summed E-state index contributed by atoms with van der Waals surface area (Å²) in [6, 6.07) is 3.58. The van der Waals surface area contributed by atoms with Crippen LogP contribution in [0.15, 0.2) is 23.1 Å². The molecular formula is C13H19FN2O3S. The standard InChI is InChI=1S/C13H19FN2O3S/c1-2-16(8-10-5-6-19-9-10)20(17,18)11-3-4-13(15)12(14)7-11/h3-4,7,10H,2,5-6,8-9,15H2,1H3. The smallest absolute Gasteiger partial charge is 0.243 e. The van der Waals surface area contributed by atoms with E-state index in [1.165, 1.54) is 16.4 Å². The summed E-state index contributed by atoms with van der Waals surface area (Å²) in [5.74, 6) is -0.519. The molecule has 112 valence electrons. The molecule has 1 saturated heterocycles. The van der Waals surface area contributed by atoms with Crippen LogP contribution in [0.4, 0.5) is 10.1 Å². The fourth-order valence-electron chi connectivity index (χ4n) is 2.23. The van der Waals surface area contributed by atoms with Crippen molar-refractivity contribution >= 4 is 15.7 Å². The lowest BCUT2D eigenvalue weighted by Gasteiger charge is -2.23. The summed E-state index contributed by atoms with van der Waals surface area (Å²) >= 11 is 0. The third-order valence-corrected chi connectivity index (χ3v) is 5.38. The highest BCUT2D eigenvalue weighted by Gasteiger charge is 2.28. The molecule has 1 fully saturated rings. The molecule has 1 aromatic carbocycles. The molecule has 1 aliphatic rings. The van der Waals surface area contributed by atoms with E-state index < -0.39 is 15.8 Å². The molecule has 1 atom stereocenters. The second kappa shape index (κ2) is 6.07. The Bertz CT molecular complexity index is 571. The molecule has 1 aromatic rings.